The second-order valence-corrected chi connectivity index (χ2v) is 6.65. The summed E-state index contributed by atoms with van der Waals surface area (Å²) >= 11 is 3.42. The van der Waals surface area contributed by atoms with Crippen molar-refractivity contribution in [3.8, 4) is 0 Å². The van der Waals surface area contributed by atoms with Crippen LogP contribution in [-0.2, 0) is 16.1 Å². The Morgan fingerprint density at radius 3 is 2.54 bits per heavy atom. The molecule has 134 valence electrons. The third-order valence-corrected chi connectivity index (χ3v) is 4.40. The van der Waals surface area contributed by atoms with Gasteiger partial charge in [-0.2, -0.15) is 0 Å². The van der Waals surface area contributed by atoms with Crippen molar-refractivity contribution in [1.29, 1.82) is 0 Å². The van der Waals surface area contributed by atoms with E-state index in [4.69, 9.17) is 5.11 Å². The summed E-state index contributed by atoms with van der Waals surface area (Å²) in [5.41, 5.74) is 2.79. The van der Waals surface area contributed by atoms with Gasteiger partial charge in [0.05, 0.1) is 24.5 Å². The van der Waals surface area contributed by atoms with Crippen LogP contribution in [0.3, 0.4) is 0 Å². The van der Waals surface area contributed by atoms with Crippen molar-refractivity contribution in [2.24, 2.45) is 0 Å². The summed E-state index contributed by atoms with van der Waals surface area (Å²) < 4.78 is 0.842. The Balaban J connectivity index is 1.77. The van der Waals surface area contributed by atoms with Gasteiger partial charge in [0.15, 0.2) is 0 Å². The molecule has 0 fully saturated rings. The molecule has 0 radical (unpaired) electrons. The molecule has 2 aromatic rings. The molecule has 7 heteroatoms. The van der Waals surface area contributed by atoms with Crippen LogP contribution in [0.15, 0.2) is 64.8 Å². The number of benzene rings is 2. The molecule has 0 aliphatic carbocycles. The van der Waals surface area contributed by atoms with E-state index < -0.39 is 11.8 Å². The Kier molecular flexibility index (Phi) is 5.70. The summed E-state index contributed by atoms with van der Waals surface area (Å²) in [5.74, 6) is -0.877. The number of carbonyl (C=O) groups excluding carboxylic acids is 2. The Bertz CT molecular complexity index is 852. The van der Waals surface area contributed by atoms with E-state index in [1.165, 1.54) is 6.08 Å². The van der Waals surface area contributed by atoms with Gasteiger partial charge in [-0.25, -0.2) is 0 Å². The molecule has 6 nitrogen and oxygen atoms in total. The average Bonchev–Trinajstić information content (AvgIpc) is 2.90. The van der Waals surface area contributed by atoms with Gasteiger partial charge in [-0.05, 0) is 23.8 Å². The van der Waals surface area contributed by atoms with Crippen molar-refractivity contribution < 1.29 is 14.7 Å². The zero-order valence-electron chi connectivity index (χ0n) is 13.9. The van der Waals surface area contributed by atoms with Crippen LogP contribution in [0, 0.1) is 0 Å². The van der Waals surface area contributed by atoms with Crippen LogP contribution in [0.5, 0.6) is 0 Å². The fourth-order valence-electron chi connectivity index (χ4n) is 2.62. The number of halogens is 1. The monoisotopic (exact) mass is 415 g/mol. The lowest BCUT2D eigenvalue weighted by Gasteiger charge is -2.16. The van der Waals surface area contributed by atoms with E-state index in [0.29, 0.717) is 12.2 Å². The second-order valence-electron chi connectivity index (χ2n) is 5.73. The SMILES string of the molecule is O=C1C=C(Nc2cc(Br)ccc2NCc2ccccc2)C(=O)N1CCO. The molecule has 0 unspecified atom stereocenters. The molecule has 3 N–H and O–H groups in total. The first-order chi connectivity index (χ1) is 12.6. The van der Waals surface area contributed by atoms with Crippen molar-refractivity contribution in [2.75, 3.05) is 23.8 Å². The van der Waals surface area contributed by atoms with Crippen LogP contribution in [-0.4, -0.2) is 35.0 Å². The fourth-order valence-corrected chi connectivity index (χ4v) is 2.98. The predicted molar refractivity (Wildman–Crippen MR) is 103 cm³/mol. The predicted octanol–water partition coefficient (Wildman–Crippen LogP) is 2.72. The van der Waals surface area contributed by atoms with Crippen LogP contribution >= 0.6 is 15.9 Å². The molecule has 0 aromatic heterocycles. The highest BCUT2D eigenvalue weighted by molar-refractivity contribution is 9.10. The molecular formula is C19H18BrN3O3. The number of anilines is 2. The minimum Gasteiger partial charge on any atom is -0.395 e. The van der Waals surface area contributed by atoms with Gasteiger partial charge in [-0.15, -0.1) is 0 Å². The van der Waals surface area contributed by atoms with E-state index in [1.807, 2.05) is 48.5 Å². The van der Waals surface area contributed by atoms with Crippen molar-refractivity contribution in [1.82, 2.24) is 4.90 Å². The molecule has 2 amide bonds. The second kappa shape index (κ2) is 8.16. The fraction of sp³-hybridized carbons (Fsp3) is 0.158. The van der Waals surface area contributed by atoms with Crippen molar-refractivity contribution >= 4 is 39.1 Å². The molecule has 3 rings (SSSR count). The zero-order valence-corrected chi connectivity index (χ0v) is 15.5. The smallest absolute Gasteiger partial charge is 0.277 e. The highest BCUT2D eigenvalue weighted by Gasteiger charge is 2.30. The van der Waals surface area contributed by atoms with E-state index in [2.05, 4.69) is 26.6 Å². The summed E-state index contributed by atoms with van der Waals surface area (Å²) in [6, 6.07) is 15.6. The number of carbonyl (C=O) groups is 2. The van der Waals surface area contributed by atoms with Gasteiger partial charge >= 0.3 is 0 Å². The van der Waals surface area contributed by atoms with Crippen LogP contribution in [0.25, 0.3) is 0 Å². The summed E-state index contributed by atoms with van der Waals surface area (Å²) in [6.45, 7) is 0.343. The van der Waals surface area contributed by atoms with Gasteiger partial charge in [0.1, 0.15) is 5.70 Å². The third kappa shape index (κ3) is 4.12. The van der Waals surface area contributed by atoms with E-state index in [0.717, 1.165) is 20.6 Å². The van der Waals surface area contributed by atoms with E-state index >= 15 is 0 Å². The summed E-state index contributed by atoms with van der Waals surface area (Å²) in [7, 11) is 0. The molecule has 26 heavy (non-hydrogen) atoms. The van der Waals surface area contributed by atoms with E-state index in [-0.39, 0.29) is 18.8 Å². The number of β-amino-alcohol motifs (C(OH)–C–C–N with tert-alkyl or cyclic N) is 1. The molecule has 0 saturated heterocycles. The quantitative estimate of drug-likeness (QED) is 0.605. The first kappa shape index (κ1) is 18.2. The largest absolute Gasteiger partial charge is 0.395 e. The molecule has 1 heterocycles. The highest BCUT2D eigenvalue weighted by Crippen LogP contribution is 2.29. The maximum atomic E-state index is 12.3. The van der Waals surface area contributed by atoms with Crippen LogP contribution in [0.1, 0.15) is 5.56 Å². The number of amides is 2. The topological polar surface area (TPSA) is 81.7 Å². The minimum atomic E-state index is -0.446. The maximum absolute atomic E-state index is 12.3. The van der Waals surface area contributed by atoms with Gasteiger partial charge in [0.25, 0.3) is 11.8 Å². The number of hydrogen-bond donors (Lipinski definition) is 3. The average molecular weight is 416 g/mol. The Morgan fingerprint density at radius 1 is 1.04 bits per heavy atom. The first-order valence-corrected chi connectivity index (χ1v) is 8.90. The van der Waals surface area contributed by atoms with Gasteiger partial charge in [0, 0.05) is 17.1 Å². The number of nitrogens with one attached hydrogen (secondary N) is 2. The number of imide groups is 1. The van der Waals surface area contributed by atoms with E-state index in [1.54, 1.807) is 0 Å². The summed E-state index contributed by atoms with van der Waals surface area (Å²) in [5, 5.41) is 15.4. The van der Waals surface area contributed by atoms with Gasteiger partial charge in [0.2, 0.25) is 0 Å². The number of nitrogens with zero attached hydrogens (tertiary/aromatic N) is 1. The van der Waals surface area contributed by atoms with Crippen molar-refractivity contribution in [2.45, 2.75) is 6.54 Å². The van der Waals surface area contributed by atoms with Crippen LogP contribution in [0.2, 0.25) is 0 Å². The molecule has 2 aromatic carbocycles. The Hall–Kier alpha value is -2.64. The first-order valence-electron chi connectivity index (χ1n) is 8.11. The van der Waals surface area contributed by atoms with Gasteiger partial charge in [-0.3, -0.25) is 14.5 Å². The molecule has 1 aliphatic rings. The normalized spacial score (nSPS) is 13.8. The number of hydrogen-bond acceptors (Lipinski definition) is 5. The van der Waals surface area contributed by atoms with Crippen LogP contribution in [0.4, 0.5) is 11.4 Å². The number of aliphatic hydroxyl groups is 1. The number of rotatable bonds is 7. The summed E-state index contributed by atoms with van der Waals surface area (Å²) in [6.07, 6.45) is 1.25. The van der Waals surface area contributed by atoms with Crippen LogP contribution < -0.4 is 10.6 Å². The van der Waals surface area contributed by atoms with Gasteiger partial charge in [-0.1, -0.05) is 46.3 Å². The van der Waals surface area contributed by atoms with Crippen molar-refractivity contribution in [3.05, 3.63) is 70.3 Å². The molecular weight excluding hydrogens is 398 g/mol. The summed E-state index contributed by atoms with van der Waals surface area (Å²) in [4.78, 5) is 25.2. The minimum absolute atomic E-state index is 0.0169. The zero-order chi connectivity index (χ0) is 18.5. The van der Waals surface area contributed by atoms with Gasteiger partial charge < -0.3 is 15.7 Å². The molecule has 1 aliphatic heterocycles. The Morgan fingerprint density at radius 2 is 1.81 bits per heavy atom. The maximum Gasteiger partial charge on any atom is 0.277 e. The molecule has 0 atom stereocenters. The lowest BCUT2D eigenvalue weighted by Crippen LogP contribution is -2.34. The highest BCUT2D eigenvalue weighted by atomic mass is 79.9. The molecule has 0 spiro atoms. The molecule has 0 saturated carbocycles. The number of aliphatic hydroxyl groups excluding tert-OH is 1. The van der Waals surface area contributed by atoms with E-state index in [9.17, 15) is 9.59 Å². The molecule has 0 bridgehead atoms. The van der Waals surface area contributed by atoms with Crippen molar-refractivity contribution in [3.63, 3.8) is 0 Å². The third-order valence-electron chi connectivity index (χ3n) is 3.91. The Labute approximate surface area is 159 Å². The lowest BCUT2D eigenvalue weighted by molar-refractivity contribution is -0.137. The lowest BCUT2D eigenvalue weighted by atomic mass is 10.2. The standard InChI is InChI=1S/C19H18BrN3O3/c20-14-6-7-15(21-12-13-4-2-1-3-5-13)16(10-14)22-17-11-18(25)23(8-9-24)19(17)26/h1-7,10-11,21-22,24H,8-9,12H2.